The van der Waals surface area contributed by atoms with Crippen molar-refractivity contribution in [1.29, 1.82) is 0 Å². The summed E-state index contributed by atoms with van der Waals surface area (Å²) >= 11 is 3.23. The lowest BCUT2D eigenvalue weighted by Gasteiger charge is -1.93. The Kier molecular flexibility index (Phi) is 1.92. The van der Waals surface area contributed by atoms with Gasteiger partial charge in [0.15, 0.2) is 16.0 Å². The topological polar surface area (TPSA) is 43.1 Å². The zero-order valence-electron chi connectivity index (χ0n) is 6.87. The van der Waals surface area contributed by atoms with Crippen LogP contribution in [0.1, 0.15) is 17.3 Å². The normalized spacial score (nSPS) is 10.6. The zero-order valence-corrected chi connectivity index (χ0v) is 8.46. The molecule has 0 unspecified atom stereocenters. The third kappa shape index (κ3) is 1.27. The number of hydrogen-bond donors (Lipinski definition) is 0. The highest BCUT2D eigenvalue weighted by molar-refractivity contribution is 9.10. The quantitative estimate of drug-likeness (QED) is 0.719. The summed E-state index contributed by atoms with van der Waals surface area (Å²) in [5, 5.41) is 4.55. The zero-order chi connectivity index (χ0) is 9.42. The Bertz CT molecular complexity index is 475. The number of para-hydroxylation sites is 1. The number of nitrogens with zero attached hydrogens (tertiary/aromatic N) is 1. The van der Waals surface area contributed by atoms with E-state index in [1.54, 1.807) is 12.1 Å². The summed E-state index contributed by atoms with van der Waals surface area (Å²) in [5.41, 5.74) is 1.11. The van der Waals surface area contributed by atoms with Gasteiger partial charge >= 0.3 is 0 Å². The van der Waals surface area contributed by atoms with Crippen LogP contribution in [0.2, 0.25) is 0 Å². The van der Waals surface area contributed by atoms with E-state index in [1.165, 1.54) is 6.92 Å². The van der Waals surface area contributed by atoms with Gasteiger partial charge in [0.05, 0.1) is 10.9 Å². The van der Waals surface area contributed by atoms with Crippen molar-refractivity contribution < 1.29 is 9.32 Å². The van der Waals surface area contributed by atoms with Crippen molar-refractivity contribution >= 4 is 32.7 Å². The van der Waals surface area contributed by atoms with Crippen molar-refractivity contribution in [1.82, 2.24) is 5.16 Å². The predicted octanol–water partition coefficient (Wildman–Crippen LogP) is 2.79. The molecule has 0 saturated carbocycles. The summed E-state index contributed by atoms with van der Waals surface area (Å²) < 4.78 is 5.65. The second-order valence-corrected chi connectivity index (χ2v) is 3.46. The number of ketones is 1. The highest BCUT2D eigenvalue weighted by Crippen LogP contribution is 2.25. The second kappa shape index (κ2) is 2.96. The smallest absolute Gasteiger partial charge is 0.178 e. The van der Waals surface area contributed by atoms with Crippen LogP contribution in [-0.4, -0.2) is 10.9 Å². The molecule has 1 aromatic heterocycles. The molecular formula is C9H6BrNO2. The van der Waals surface area contributed by atoms with E-state index in [0.29, 0.717) is 15.7 Å². The molecule has 0 atom stereocenters. The molecule has 0 amide bonds. The van der Waals surface area contributed by atoms with E-state index >= 15 is 0 Å². The molecule has 1 aromatic carbocycles. The molecule has 2 aromatic rings. The maximum absolute atomic E-state index is 11.2. The van der Waals surface area contributed by atoms with Crippen LogP contribution in [0.25, 0.3) is 11.0 Å². The number of halogens is 1. The second-order valence-electron chi connectivity index (χ2n) is 2.71. The molecule has 4 heteroatoms. The van der Waals surface area contributed by atoms with Gasteiger partial charge in [-0.05, 0) is 35.0 Å². The fourth-order valence-electron chi connectivity index (χ4n) is 1.21. The third-order valence-corrected chi connectivity index (χ3v) is 2.41. The van der Waals surface area contributed by atoms with Gasteiger partial charge in [0.25, 0.3) is 0 Å². The van der Waals surface area contributed by atoms with E-state index in [4.69, 9.17) is 4.52 Å². The number of carbonyl (C=O) groups excluding carboxylic acids is 1. The molecule has 0 N–H and O–H groups in total. The van der Waals surface area contributed by atoms with Crippen molar-refractivity contribution in [2.75, 3.05) is 0 Å². The van der Waals surface area contributed by atoms with E-state index in [-0.39, 0.29) is 5.78 Å². The number of aromatic nitrogens is 1. The van der Waals surface area contributed by atoms with Crippen LogP contribution in [-0.2, 0) is 0 Å². The summed E-state index contributed by atoms with van der Waals surface area (Å²) in [6.07, 6.45) is 0. The maximum atomic E-state index is 11.2. The fraction of sp³-hybridized carbons (Fsp3) is 0.111. The minimum Gasteiger partial charge on any atom is -0.354 e. The van der Waals surface area contributed by atoms with Crippen molar-refractivity contribution in [3.63, 3.8) is 0 Å². The summed E-state index contributed by atoms with van der Waals surface area (Å²) in [5.74, 6) is -0.0192. The molecule has 0 bridgehead atoms. The number of hydrogen-bond acceptors (Lipinski definition) is 3. The van der Waals surface area contributed by atoms with Gasteiger partial charge < -0.3 is 4.52 Å². The predicted molar refractivity (Wildman–Crippen MR) is 51.7 cm³/mol. The molecule has 13 heavy (non-hydrogen) atoms. The molecule has 0 aliphatic rings. The Labute approximate surface area is 82.8 Å². The molecule has 0 spiro atoms. The highest BCUT2D eigenvalue weighted by atomic mass is 79.9. The van der Waals surface area contributed by atoms with Crippen molar-refractivity contribution in [3.8, 4) is 0 Å². The lowest BCUT2D eigenvalue weighted by atomic mass is 10.1. The Morgan fingerprint density at radius 3 is 3.00 bits per heavy atom. The molecule has 3 nitrogen and oxygen atoms in total. The molecule has 1 heterocycles. The summed E-state index contributed by atoms with van der Waals surface area (Å²) in [6, 6.07) is 5.38. The average Bonchev–Trinajstić information content (AvgIpc) is 2.48. The molecule has 0 radical (unpaired) electrons. The minimum atomic E-state index is -0.0192. The first-order valence-corrected chi connectivity index (χ1v) is 4.54. The lowest BCUT2D eigenvalue weighted by Crippen LogP contribution is -1.91. The molecule has 0 fully saturated rings. The molecule has 0 saturated heterocycles. The standard InChI is InChI=1S/C9H6BrNO2/c1-5(12)6-3-2-4-7-8(6)13-11-9(7)10/h2-4H,1H3. The van der Waals surface area contributed by atoms with E-state index in [9.17, 15) is 4.79 Å². The van der Waals surface area contributed by atoms with Gasteiger partial charge in [0.2, 0.25) is 0 Å². The lowest BCUT2D eigenvalue weighted by molar-refractivity contribution is 0.101. The van der Waals surface area contributed by atoms with Crippen molar-refractivity contribution in [3.05, 3.63) is 28.4 Å². The molecule has 2 rings (SSSR count). The summed E-state index contributed by atoms with van der Waals surface area (Å²) in [7, 11) is 0. The monoisotopic (exact) mass is 239 g/mol. The largest absolute Gasteiger partial charge is 0.354 e. The van der Waals surface area contributed by atoms with Crippen LogP contribution in [0.3, 0.4) is 0 Å². The number of rotatable bonds is 1. The van der Waals surface area contributed by atoms with Crippen LogP contribution >= 0.6 is 15.9 Å². The Balaban J connectivity index is 2.84. The van der Waals surface area contributed by atoms with Crippen LogP contribution in [0.4, 0.5) is 0 Å². The van der Waals surface area contributed by atoms with Gasteiger partial charge in [-0.3, -0.25) is 4.79 Å². The number of Topliss-reactive ketones (excluding diaryl/α,β-unsaturated/α-hetero) is 1. The van der Waals surface area contributed by atoms with Gasteiger partial charge in [0.1, 0.15) is 0 Å². The Morgan fingerprint density at radius 2 is 2.31 bits per heavy atom. The van der Waals surface area contributed by atoms with E-state index < -0.39 is 0 Å². The van der Waals surface area contributed by atoms with E-state index in [1.807, 2.05) is 6.07 Å². The summed E-state index contributed by atoms with van der Waals surface area (Å²) in [4.78, 5) is 11.2. The number of carbonyl (C=O) groups is 1. The first kappa shape index (κ1) is 8.44. The first-order valence-electron chi connectivity index (χ1n) is 3.75. The average molecular weight is 240 g/mol. The van der Waals surface area contributed by atoms with Crippen LogP contribution in [0.15, 0.2) is 27.3 Å². The van der Waals surface area contributed by atoms with Crippen LogP contribution in [0.5, 0.6) is 0 Å². The maximum Gasteiger partial charge on any atom is 0.178 e. The number of fused-ring (bicyclic) bond motifs is 1. The molecule has 66 valence electrons. The van der Waals surface area contributed by atoms with Gasteiger partial charge in [-0.25, -0.2) is 0 Å². The van der Waals surface area contributed by atoms with Crippen molar-refractivity contribution in [2.45, 2.75) is 6.92 Å². The van der Waals surface area contributed by atoms with Crippen LogP contribution < -0.4 is 0 Å². The third-order valence-electron chi connectivity index (χ3n) is 1.83. The van der Waals surface area contributed by atoms with E-state index in [2.05, 4.69) is 21.1 Å². The Hall–Kier alpha value is -1.16. The van der Waals surface area contributed by atoms with Gasteiger partial charge in [-0.15, -0.1) is 0 Å². The van der Waals surface area contributed by atoms with Crippen molar-refractivity contribution in [2.24, 2.45) is 0 Å². The van der Waals surface area contributed by atoms with E-state index in [0.717, 1.165) is 5.39 Å². The van der Waals surface area contributed by atoms with Gasteiger partial charge in [-0.1, -0.05) is 11.2 Å². The Morgan fingerprint density at radius 1 is 1.54 bits per heavy atom. The fourth-order valence-corrected chi connectivity index (χ4v) is 1.59. The molecular weight excluding hydrogens is 234 g/mol. The summed E-state index contributed by atoms with van der Waals surface area (Å²) in [6.45, 7) is 1.51. The first-order chi connectivity index (χ1) is 6.20. The van der Waals surface area contributed by atoms with Gasteiger partial charge in [0, 0.05) is 0 Å². The highest BCUT2D eigenvalue weighted by Gasteiger charge is 2.11. The SMILES string of the molecule is CC(=O)c1cccc2c(Br)noc12. The molecule has 0 aliphatic heterocycles. The molecule has 0 aliphatic carbocycles. The van der Waals surface area contributed by atoms with Crippen LogP contribution in [0, 0.1) is 0 Å². The number of benzene rings is 1. The van der Waals surface area contributed by atoms with Gasteiger partial charge in [-0.2, -0.15) is 0 Å². The minimum absolute atomic E-state index is 0.0192.